The smallest absolute Gasteiger partial charge is 0.219 e. The van der Waals surface area contributed by atoms with E-state index >= 15 is 0 Å². The summed E-state index contributed by atoms with van der Waals surface area (Å²) in [5, 5.41) is 0. The van der Waals surface area contributed by atoms with Crippen molar-refractivity contribution in [2.75, 3.05) is 27.1 Å². The van der Waals surface area contributed by atoms with Crippen LogP contribution in [0, 0.1) is 0 Å². The van der Waals surface area contributed by atoms with Crippen molar-refractivity contribution in [2.45, 2.75) is 6.42 Å². The second-order valence-electron chi connectivity index (χ2n) is 4.16. The lowest BCUT2D eigenvalue weighted by Crippen LogP contribution is -1.99. The third-order valence-corrected chi connectivity index (χ3v) is 2.86. The molecule has 1 aromatic heterocycles. The highest BCUT2D eigenvalue weighted by molar-refractivity contribution is 5.54. The van der Waals surface area contributed by atoms with E-state index < -0.39 is 0 Å². The van der Waals surface area contributed by atoms with Crippen molar-refractivity contribution in [3.8, 4) is 17.2 Å². The van der Waals surface area contributed by atoms with Crippen LogP contribution in [0.5, 0.6) is 17.2 Å². The summed E-state index contributed by atoms with van der Waals surface area (Å²) in [7, 11) is 4.76. The Morgan fingerprint density at radius 1 is 0.900 bits per heavy atom. The van der Waals surface area contributed by atoms with Crippen LogP contribution in [-0.4, -0.2) is 31.3 Å². The molecule has 0 fully saturated rings. The van der Waals surface area contributed by atoms with Gasteiger partial charge in [0, 0.05) is 18.8 Å². The molecule has 6 nitrogen and oxygen atoms in total. The number of hydrogen-bond acceptors (Lipinski definition) is 6. The van der Waals surface area contributed by atoms with Crippen LogP contribution in [0.25, 0.3) is 0 Å². The molecule has 0 atom stereocenters. The molecule has 0 spiro atoms. The van der Waals surface area contributed by atoms with E-state index in [1.54, 1.807) is 33.7 Å². The number of aromatic nitrogens is 2. The van der Waals surface area contributed by atoms with Crippen LogP contribution in [0.4, 0.5) is 5.95 Å². The molecule has 0 aliphatic heterocycles. The van der Waals surface area contributed by atoms with Crippen LogP contribution in [-0.2, 0) is 6.42 Å². The zero-order chi connectivity index (χ0) is 14.5. The molecule has 0 amide bonds. The van der Waals surface area contributed by atoms with Crippen molar-refractivity contribution in [1.29, 1.82) is 0 Å². The first-order valence-electron chi connectivity index (χ1n) is 6.03. The summed E-state index contributed by atoms with van der Waals surface area (Å²) in [6, 6.07) is 3.80. The van der Waals surface area contributed by atoms with Gasteiger partial charge in [0.25, 0.3) is 0 Å². The monoisotopic (exact) mass is 275 g/mol. The molecular weight excluding hydrogens is 258 g/mol. The van der Waals surface area contributed by atoms with E-state index in [4.69, 9.17) is 19.9 Å². The molecule has 106 valence electrons. The average molecular weight is 275 g/mol. The van der Waals surface area contributed by atoms with E-state index in [1.165, 1.54) is 0 Å². The third-order valence-electron chi connectivity index (χ3n) is 2.86. The summed E-state index contributed by atoms with van der Waals surface area (Å²) >= 11 is 0. The first-order valence-corrected chi connectivity index (χ1v) is 6.03. The molecule has 0 aliphatic rings. The predicted octanol–water partition coefficient (Wildman–Crippen LogP) is 1.68. The molecule has 1 aromatic carbocycles. The maximum absolute atomic E-state index is 5.47. The zero-order valence-electron chi connectivity index (χ0n) is 11.7. The van der Waals surface area contributed by atoms with Crippen molar-refractivity contribution in [2.24, 2.45) is 0 Å². The maximum atomic E-state index is 5.47. The van der Waals surface area contributed by atoms with Crippen LogP contribution in [0.1, 0.15) is 11.1 Å². The van der Waals surface area contributed by atoms with E-state index in [0.29, 0.717) is 23.7 Å². The molecule has 0 saturated carbocycles. The van der Waals surface area contributed by atoms with Gasteiger partial charge in [-0.15, -0.1) is 0 Å². The lowest BCUT2D eigenvalue weighted by atomic mass is 10.1. The van der Waals surface area contributed by atoms with Crippen LogP contribution in [0.2, 0.25) is 0 Å². The van der Waals surface area contributed by atoms with Gasteiger partial charge in [-0.25, -0.2) is 9.97 Å². The second kappa shape index (κ2) is 6.10. The molecule has 0 unspecified atom stereocenters. The fourth-order valence-electron chi connectivity index (χ4n) is 1.93. The minimum Gasteiger partial charge on any atom is -0.493 e. The van der Waals surface area contributed by atoms with Crippen molar-refractivity contribution in [1.82, 2.24) is 9.97 Å². The second-order valence-corrected chi connectivity index (χ2v) is 4.16. The largest absolute Gasteiger partial charge is 0.493 e. The van der Waals surface area contributed by atoms with Crippen molar-refractivity contribution in [3.63, 3.8) is 0 Å². The summed E-state index contributed by atoms with van der Waals surface area (Å²) in [6.07, 6.45) is 4.05. The number of nitrogens with zero attached hydrogens (tertiary/aromatic N) is 2. The van der Waals surface area contributed by atoms with Gasteiger partial charge in [0.1, 0.15) is 0 Å². The Hall–Kier alpha value is -2.50. The van der Waals surface area contributed by atoms with Gasteiger partial charge in [0.05, 0.1) is 21.3 Å². The normalized spacial score (nSPS) is 10.2. The third kappa shape index (κ3) is 2.90. The molecule has 2 aromatic rings. The summed E-state index contributed by atoms with van der Waals surface area (Å²) in [4.78, 5) is 7.95. The maximum Gasteiger partial charge on any atom is 0.219 e. The molecule has 2 rings (SSSR count). The quantitative estimate of drug-likeness (QED) is 0.894. The zero-order valence-corrected chi connectivity index (χ0v) is 11.7. The fraction of sp³-hybridized carbons (Fsp3) is 0.286. The summed E-state index contributed by atoms with van der Waals surface area (Å²) in [6.45, 7) is 0. The lowest BCUT2D eigenvalue weighted by Gasteiger charge is -2.14. The number of ether oxygens (including phenoxy) is 3. The van der Waals surface area contributed by atoms with Crippen molar-refractivity contribution >= 4 is 5.95 Å². The highest BCUT2D eigenvalue weighted by Gasteiger charge is 2.13. The first kappa shape index (κ1) is 13.9. The molecule has 2 N–H and O–H groups in total. The van der Waals surface area contributed by atoms with Gasteiger partial charge in [-0.3, -0.25) is 0 Å². The van der Waals surface area contributed by atoms with Crippen molar-refractivity contribution in [3.05, 3.63) is 35.7 Å². The Morgan fingerprint density at radius 3 is 1.90 bits per heavy atom. The van der Waals surface area contributed by atoms with Gasteiger partial charge < -0.3 is 19.9 Å². The van der Waals surface area contributed by atoms with Gasteiger partial charge in [-0.1, -0.05) is 0 Å². The average Bonchev–Trinajstić information content (AvgIpc) is 2.48. The summed E-state index contributed by atoms with van der Waals surface area (Å²) in [5.74, 6) is 2.09. The first-order chi connectivity index (χ1) is 9.67. The molecule has 0 bridgehead atoms. The number of rotatable bonds is 5. The van der Waals surface area contributed by atoms with Crippen LogP contribution in [0.15, 0.2) is 24.5 Å². The van der Waals surface area contributed by atoms with Gasteiger partial charge in [-0.2, -0.15) is 0 Å². The highest BCUT2D eigenvalue weighted by atomic mass is 16.5. The number of hydrogen-bond donors (Lipinski definition) is 1. The molecule has 6 heteroatoms. The van der Waals surface area contributed by atoms with Crippen molar-refractivity contribution < 1.29 is 14.2 Å². The van der Waals surface area contributed by atoms with E-state index in [2.05, 4.69) is 9.97 Å². The van der Waals surface area contributed by atoms with E-state index in [1.807, 2.05) is 12.1 Å². The summed E-state index contributed by atoms with van der Waals surface area (Å²) in [5.41, 5.74) is 7.43. The topological polar surface area (TPSA) is 79.5 Å². The number of anilines is 1. The lowest BCUT2D eigenvalue weighted by molar-refractivity contribution is 0.324. The predicted molar refractivity (Wildman–Crippen MR) is 75.3 cm³/mol. The number of methoxy groups -OCH3 is 3. The molecule has 1 heterocycles. The van der Waals surface area contributed by atoms with Crippen LogP contribution < -0.4 is 19.9 Å². The van der Waals surface area contributed by atoms with E-state index in [0.717, 1.165) is 11.1 Å². The van der Waals surface area contributed by atoms with E-state index in [9.17, 15) is 0 Å². The number of nitrogen functional groups attached to an aromatic ring is 1. The Labute approximate surface area is 117 Å². The highest BCUT2D eigenvalue weighted by Crippen LogP contribution is 2.38. The molecule has 0 saturated heterocycles. The van der Waals surface area contributed by atoms with Crippen LogP contribution in [0.3, 0.4) is 0 Å². The van der Waals surface area contributed by atoms with Gasteiger partial charge >= 0.3 is 0 Å². The SMILES string of the molecule is COc1cc(Cc2cnc(N)nc2)cc(OC)c1OC. The molecule has 0 aliphatic carbocycles. The van der Waals surface area contributed by atoms with Crippen LogP contribution >= 0.6 is 0 Å². The standard InChI is InChI=1S/C14H17N3O3/c1-18-11-5-9(6-12(19-2)13(11)20-3)4-10-7-16-14(15)17-8-10/h5-8H,4H2,1-3H3,(H2,15,16,17). The Balaban J connectivity index is 2.34. The Morgan fingerprint density at radius 2 is 1.45 bits per heavy atom. The fourth-order valence-corrected chi connectivity index (χ4v) is 1.93. The summed E-state index contributed by atoms with van der Waals surface area (Å²) < 4.78 is 15.9. The number of benzene rings is 1. The Bertz CT molecular complexity index is 560. The van der Waals surface area contributed by atoms with Gasteiger partial charge in [0.2, 0.25) is 11.7 Å². The number of nitrogens with two attached hydrogens (primary N) is 1. The molecule has 20 heavy (non-hydrogen) atoms. The van der Waals surface area contributed by atoms with E-state index in [-0.39, 0.29) is 5.95 Å². The Kier molecular flexibility index (Phi) is 4.24. The van der Waals surface area contributed by atoms with Gasteiger partial charge in [-0.05, 0) is 23.3 Å². The minimum absolute atomic E-state index is 0.263. The van der Waals surface area contributed by atoms with Gasteiger partial charge in [0.15, 0.2) is 11.5 Å². The molecular formula is C14H17N3O3. The molecule has 0 radical (unpaired) electrons. The minimum atomic E-state index is 0.263.